The van der Waals surface area contributed by atoms with E-state index in [1.807, 2.05) is 20.8 Å². The number of aryl methyl sites for hydroxylation is 2. The van der Waals surface area contributed by atoms with Gasteiger partial charge in [-0.3, -0.25) is 4.79 Å². The Balaban J connectivity index is 1.73. The fourth-order valence-corrected chi connectivity index (χ4v) is 3.50. The van der Waals surface area contributed by atoms with Crippen molar-refractivity contribution in [3.8, 4) is 5.75 Å². The van der Waals surface area contributed by atoms with Crippen LogP contribution in [-0.2, 0) is 4.79 Å². The van der Waals surface area contributed by atoms with E-state index < -0.39 is 5.41 Å². The minimum atomic E-state index is -0.480. The van der Waals surface area contributed by atoms with Gasteiger partial charge in [-0.05, 0) is 68.9 Å². The van der Waals surface area contributed by atoms with E-state index in [9.17, 15) is 4.79 Å². The van der Waals surface area contributed by atoms with E-state index >= 15 is 0 Å². The van der Waals surface area contributed by atoms with Crippen molar-refractivity contribution in [2.24, 2.45) is 5.41 Å². The van der Waals surface area contributed by atoms with Gasteiger partial charge in [0.25, 0.3) is 0 Å². The van der Waals surface area contributed by atoms with E-state index in [2.05, 4.69) is 35.8 Å². The van der Waals surface area contributed by atoms with E-state index in [0.29, 0.717) is 17.8 Å². The van der Waals surface area contributed by atoms with Gasteiger partial charge in [0, 0.05) is 11.5 Å². The van der Waals surface area contributed by atoms with Crippen molar-refractivity contribution < 1.29 is 9.53 Å². The van der Waals surface area contributed by atoms with Crippen LogP contribution in [0, 0.1) is 19.3 Å². The third kappa shape index (κ3) is 6.27. The molecule has 2 N–H and O–H groups in total. The molecule has 0 unspecified atom stereocenters. The summed E-state index contributed by atoms with van der Waals surface area (Å²) in [6.07, 6.45) is 6.30. The van der Waals surface area contributed by atoms with Crippen LogP contribution in [0.25, 0.3) is 0 Å². The first-order chi connectivity index (χ1) is 12.3. The first-order valence-corrected chi connectivity index (χ1v) is 10.0. The average Bonchev–Trinajstić information content (AvgIpc) is 3.07. The Bertz CT molecular complexity index is 637. The molecule has 0 radical (unpaired) electrons. The van der Waals surface area contributed by atoms with Gasteiger partial charge in [0.15, 0.2) is 5.11 Å². The third-order valence-corrected chi connectivity index (χ3v) is 5.30. The maximum absolute atomic E-state index is 12.5. The number of ether oxygens (including phenoxy) is 1. The van der Waals surface area contributed by atoms with Crippen molar-refractivity contribution in [3.05, 3.63) is 29.3 Å². The van der Waals surface area contributed by atoms with Crippen LogP contribution in [0.4, 0.5) is 0 Å². The van der Waals surface area contributed by atoms with Crippen LogP contribution in [0.2, 0.25) is 0 Å². The fourth-order valence-electron chi connectivity index (χ4n) is 3.24. The first kappa shape index (κ1) is 20.7. The van der Waals surface area contributed by atoms with E-state index in [1.54, 1.807) is 0 Å². The molecular formula is C21H32N2O2S. The van der Waals surface area contributed by atoms with Crippen molar-refractivity contribution in [1.82, 2.24) is 10.6 Å². The first-order valence-electron chi connectivity index (χ1n) is 9.60. The number of carbonyl (C=O) groups excluding carboxylic acids is 1. The van der Waals surface area contributed by atoms with Gasteiger partial charge in [-0.15, -0.1) is 0 Å². The number of hydrogen-bond acceptors (Lipinski definition) is 3. The van der Waals surface area contributed by atoms with Gasteiger partial charge in [0.2, 0.25) is 5.91 Å². The molecule has 144 valence electrons. The van der Waals surface area contributed by atoms with Crippen molar-refractivity contribution in [1.29, 1.82) is 0 Å². The smallest absolute Gasteiger partial charge is 0.231 e. The molecule has 0 bridgehead atoms. The van der Waals surface area contributed by atoms with Crippen LogP contribution in [0.3, 0.4) is 0 Å². The highest BCUT2D eigenvalue weighted by molar-refractivity contribution is 7.80. The summed E-state index contributed by atoms with van der Waals surface area (Å²) in [7, 11) is 0. The number of hydrogen-bond donors (Lipinski definition) is 2. The Morgan fingerprint density at radius 3 is 2.65 bits per heavy atom. The molecule has 0 heterocycles. The van der Waals surface area contributed by atoms with Gasteiger partial charge in [-0.1, -0.05) is 38.8 Å². The second-order valence-corrected chi connectivity index (χ2v) is 8.42. The monoisotopic (exact) mass is 376 g/mol. The molecule has 0 saturated heterocycles. The highest BCUT2D eigenvalue weighted by atomic mass is 32.1. The lowest BCUT2D eigenvalue weighted by Gasteiger charge is -2.25. The van der Waals surface area contributed by atoms with Crippen LogP contribution in [0.5, 0.6) is 5.75 Å². The minimum Gasteiger partial charge on any atom is -0.493 e. The van der Waals surface area contributed by atoms with Crippen molar-refractivity contribution in [3.63, 3.8) is 0 Å². The zero-order valence-corrected chi connectivity index (χ0v) is 17.3. The topological polar surface area (TPSA) is 50.4 Å². The number of benzene rings is 1. The molecule has 2 rings (SSSR count). The Morgan fingerprint density at radius 1 is 1.27 bits per heavy atom. The fraction of sp³-hybridized carbons (Fsp3) is 0.619. The molecule has 1 amide bonds. The van der Waals surface area contributed by atoms with Crippen LogP contribution in [-0.4, -0.2) is 23.7 Å². The van der Waals surface area contributed by atoms with E-state index in [4.69, 9.17) is 17.0 Å². The molecule has 1 aromatic carbocycles. The van der Waals surface area contributed by atoms with Gasteiger partial charge < -0.3 is 15.4 Å². The molecule has 1 fully saturated rings. The summed E-state index contributed by atoms with van der Waals surface area (Å²) in [4.78, 5) is 12.5. The maximum atomic E-state index is 12.5. The lowest BCUT2D eigenvalue weighted by atomic mass is 9.87. The summed E-state index contributed by atoms with van der Waals surface area (Å²) in [5, 5.41) is 6.58. The number of amides is 1. The molecule has 1 aliphatic carbocycles. The lowest BCUT2D eigenvalue weighted by Crippen LogP contribution is -2.47. The van der Waals surface area contributed by atoms with Crippen LogP contribution in [0.15, 0.2) is 18.2 Å². The number of thiocarbonyl (C=S) groups is 1. The summed E-state index contributed by atoms with van der Waals surface area (Å²) in [5.41, 5.74) is 1.84. The van der Waals surface area contributed by atoms with Gasteiger partial charge in [0.05, 0.1) is 6.61 Å². The molecule has 5 heteroatoms. The van der Waals surface area contributed by atoms with Crippen molar-refractivity contribution in [2.75, 3.05) is 6.61 Å². The molecule has 0 aromatic heterocycles. The second-order valence-electron chi connectivity index (χ2n) is 8.01. The van der Waals surface area contributed by atoms with Crippen molar-refractivity contribution >= 4 is 23.2 Å². The van der Waals surface area contributed by atoms with Gasteiger partial charge in [0.1, 0.15) is 5.75 Å². The SMILES string of the molecule is Cc1ccc(C)c(OCCCC(C)(C)C(=O)NC(=S)NC2CCCC2)c1. The quantitative estimate of drug-likeness (QED) is 0.546. The van der Waals surface area contributed by atoms with E-state index in [1.165, 1.54) is 18.4 Å². The lowest BCUT2D eigenvalue weighted by molar-refractivity contribution is -0.128. The Kier molecular flexibility index (Phi) is 7.44. The molecule has 4 nitrogen and oxygen atoms in total. The summed E-state index contributed by atoms with van der Waals surface area (Å²) < 4.78 is 5.89. The summed E-state index contributed by atoms with van der Waals surface area (Å²) in [6, 6.07) is 6.62. The highest BCUT2D eigenvalue weighted by Gasteiger charge is 2.28. The number of carbonyl (C=O) groups is 1. The molecule has 1 aromatic rings. The van der Waals surface area contributed by atoms with Crippen LogP contribution >= 0.6 is 12.2 Å². The average molecular weight is 377 g/mol. The molecular weight excluding hydrogens is 344 g/mol. The Hall–Kier alpha value is -1.62. The molecule has 0 spiro atoms. The minimum absolute atomic E-state index is 0.0280. The van der Waals surface area contributed by atoms with Crippen LogP contribution < -0.4 is 15.4 Å². The second kappa shape index (κ2) is 9.36. The predicted octanol–water partition coefficient (Wildman–Crippen LogP) is 4.42. The normalized spacial score (nSPS) is 14.9. The number of rotatable bonds is 7. The molecule has 0 aliphatic heterocycles. The van der Waals surface area contributed by atoms with Gasteiger partial charge >= 0.3 is 0 Å². The molecule has 0 atom stereocenters. The largest absolute Gasteiger partial charge is 0.493 e. The van der Waals surface area contributed by atoms with Gasteiger partial charge in [-0.25, -0.2) is 0 Å². The standard InChI is InChI=1S/C21H32N2O2S/c1-15-10-11-16(2)18(14-15)25-13-7-12-21(3,4)19(24)23-20(26)22-17-8-5-6-9-17/h10-11,14,17H,5-9,12-13H2,1-4H3,(H2,22,23,24,26). The summed E-state index contributed by atoms with van der Waals surface area (Å²) in [6.45, 7) is 8.62. The zero-order chi connectivity index (χ0) is 19.2. The van der Waals surface area contributed by atoms with Crippen molar-refractivity contribution in [2.45, 2.75) is 72.3 Å². The third-order valence-electron chi connectivity index (χ3n) is 5.08. The number of nitrogens with one attached hydrogen (secondary N) is 2. The predicted molar refractivity (Wildman–Crippen MR) is 111 cm³/mol. The zero-order valence-electron chi connectivity index (χ0n) is 16.5. The summed E-state index contributed by atoms with van der Waals surface area (Å²) in [5.74, 6) is 0.897. The molecule has 26 heavy (non-hydrogen) atoms. The molecule has 1 aliphatic rings. The molecule has 1 saturated carbocycles. The summed E-state index contributed by atoms with van der Waals surface area (Å²) >= 11 is 5.29. The van der Waals surface area contributed by atoms with Crippen LogP contribution in [0.1, 0.15) is 63.5 Å². The Labute approximate surface area is 163 Å². The van der Waals surface area contributed by atoms with E-state index in [0.717, 1.165) is 37.0 Å². The highest BCUT2D eigenvalue weighted by Crippen LogP contribution is 2.24. The maximum Gasteiger partial charge on any atom is 0.231 e. The van der Waals surface area contributed by atoms with Gasteiger partial charge in [-0.2, -0.15) is 0 Å². The van der Waals surface area contributed by atoms with E-state index in [-0.39, 0.29) is 5.91 Å². The Morgan fingerprint density at radius 2 is 1.96 bits per heavy atom.